The van der Waals surface area contributed by atoms with Crippen LogP contribution in [0.5, 0.6) is 5.75 Å². The molecule has 0 saturated carbocycles. The van der Waals surface area contributed by atoms with Crippen molar-refractivity contribution in [2.24, 2.45) is 0 Å². The van der Waals surface area contributed by atoms with Crippen molar-refractivity contribution in [2.45, 2.75) is 18.9 Å². The molecule has 3 rings (SSSR count). The second kappa shape index (κ2) is 7.96. The fourth-order valence-corrected chi connectivity index (χ4v) is 3.84. The van der Waals surface area contributed by atoms with Gasteiger partial charge in [0.1, 0.15) is 11.4 Å². The monoisotopic (exact) mass is 369 g/mol. The Kier molecular flexibility index (Phi) is 5.65. The van der Waals surface area contributed by atoms with Crippen molar-refractivity contribution >= 4 is 17.4 Å². The third kappa shape index (κ3) is 3.49. The highest BCUT2D eigenvalue weighted by Crippen LogP contribution is 2.37. The number of piperidine rings is 1. The predicted octanol–water partition coefficient (Wildman–Crippen LogP) is 1.99. The van der Waals surface area contributed by atoms with Gasteiger partial charge in [0.25, 0.3) is 11.8 Å². The summed E-state index contributed by atoms with van der Waals surface area (Å²) in [6, 6.07) is 7.57. The zero-order chi connectivity index (χ0) is 19.6. The number of methoxy groups -OCH3 is 1. The average Bonchev–Trinajstić information content (AvgIpc) is 2.93. The summed E-state index contributed by atoms with van der Waals surface area (Å²) in [4.78, 5) is 31.8. The first-order chi connectivity index (χ1) is 13.0. The van der Waals surface area contributed by atoms with Crippen LogP contribution in [0.2, 0.25) is 0 Å². The lowest BCUT2D eigenvalue weighted by molar-refractivity contribution is -0.137. The van der Waals surface area contributed by atoms with E-state index in [1.807, 2.05) is 36.2 Å². The quantitative estimate of drug-likeness (QED) is 0.567. The Morgan fingerprint density at radius 3 is 2.52 bits per heavy atom. The molecule has 0 N–H and O–H groups in total. The summed E-state index contributed by atoms with van der Waals surface area (Å²) in [5, 5.41) is 0. The maximum Gasteiger partial charge on any atom is 0.278 e. The normalized spacial score (nSPS) is 19.0. The lowest BCUT2D eigenvalue weighted by Gasteiger charge is -2.36. The second-order valence-corrected chi connectivity index (χ2v) is 7.08. The molecule has 27 heavy (non-hydrogen) atoms. The number of hydrogen-bond donors (Lipinski definition) is 0. The predicted molar refractivity (Wildman–Crippen MR) is 105 cm³/mol. The number of hydrogen-bond acceptors (Lipinski definition) is 5. The lowest BCUT2D eigenvalue weighted by atomic mass is 9.99. The van der Waals surface area contributed by atoms with Crippen molar-refractivity contribution < 1.29 is 14.3 Å². The Hall–Kier alpha value is -2.60. The van der Waals surface area contributed by atoms with Crippen LogP contribution in [0.4, 0.5) is 0 Å². The standard InChI is InChI=1S/C21H27N3O3/c1-5-12-24-20(25)18(16-8-6-7-9-17(16)27-4)19(21(24)26)23(3)15-10-13-22(2)14-11-15/h5-9,15H,1,10-14H2,2-4H3. The summed E-state index contributed by atoms with van der Waals surface area (Å²) < 4.78 is 5.46. The molecule has 0 aliphatic carbocycles. The van der Waals surface area contributed by atoms with Crippen LogP contribution in [-0.2, 0) is 9.59 Å². The van der Waals surface area contributed by atoms with E-state index in [4.69, 9.17) is 4.74 Å². The van der Waals surface area contributed by atoms with E-state index < -0.39 is 0 Å². The minimum Gasteiger partial charge on any atom is -0.496 e. The molecular formula is C21H27N3O3. The molecule has 2 aliphatic heterocycles. The highest BCUT2D eigenvalue weighted by atomic mass is 16.5. The van der Waals surface area contributed by atoms with Crippen molar-refractivity contribution in [3.05, 3.63) is 48.2 Å². The molecule has 0 aromatic heterocycles. The van der Waals surface area contributed by atoms with Gasteiger partial charge in [-0.05, 0) is 39.0 Å². The molecule has 6 nitrogen and oxygen atoms in total. The van der Waals surface area contributed by atoms with Crippen LogP contribution >= 0.6 is 0 Å². The molecule has 2 heterocycles. The molecule has 2 aliphatic rings. The van der Waals surface area contributed by atoms with E-state index in [0.717, 1.165) is 25.9 Å². The molecule has 1 aromatic rings. The highest BCUT2D eigenvalue weighted by molar-refractivity contribution is 6.36. The fourth-order valence-electron chi connectivity index (χ4n) is 3.84. The number of para-hydroxylation sites is 1. The van der Waals surface area contributed by atoms with Gasteiger partial charge in [0, 0.05) is 25.2 Å². The van der Waals surface area contributed by atoms with Gasteiger partial charge in [-0.25, -0.2) is 0 Å². The van der Waals surface area contributed by atoms with Gasteiger partial charge in [-0.1, -0.05) is 24.3 Å². The van der Waals surface area contributed by atoms with Crippen molar-refractivity contribution in [2.75, 3.05) is 40.8 Å². The van der Waals surface area contributed by atoms with Crippen molar-refractivity contribution in [3.8, 4) is 5.75 Å². The number of ether oxygens (including phenoxy) is 1. The molecule has 2 amide bonds. The maximum absolute atomic E-state index is 13.1. The number of likely N-dealkylation sites (tertiary alicyclic amines) is 1. The molecule has 1 fully saturated rings. The van der Waals surface area contributed by atoms with Crippen LogP contribution in [-0.4, -0.2) is 73.4 Å². The molecule has 0 atom stereocenters. The summed E-state index contributed by atoms with van der Waals surface area (Å²) in [7, 11) is 5.59. The molecule has 1 aromatic carbocycles. The van der Waals surface area contributed by atoms with Gasteiger partial charge in [-0.3, -0.25) is 14.5 Å². The Bertz CT molecular complexity index is 779. The second-order valence-electron chi connectivity index (χ2n) is 7.08. The van der Waals surface area contributed by atoms with E-state index in [1.165, 1.54) is 4.90 Å². The van der Waals surface area contributed by atoms with Gasteiger partial charge < -0.3 is 14.5 Å². The number of imide groups is 1. The molecular weight excluding hydrogens is 342 g/mol. The van der Waals surface area contributed by atoms with Crippen LogP contribution in [0.25, 0.3) is 5.57 Å². The molecule has 144 valence electrons. The van der Waals surface area contributed by atoms with E-state index in [9.17, 15) is 9.59 Å². The zero-order valence-electron chi connectivity index (χ0n) is 16.3. The summed E-state index contributed by atoms with van der Waals surface area (Å²) >= 11 is 0. The topological polar surface area (TPSA) is 53.1 Å². The van der Waals surface area contributed by atoms with Gasteiger partial charge in [-0.15, -0.1) is 6.58 Å². The number of likely N-dealkylation sites (N-methyl/N-ethyl adjacent to an activating group) is 1. The van der Waals surface area contributed by atoms with Crippen LogP contribution in [0.15, 0.2) is 42.6 Å². The average molecular weight is 369 g/mol. The third-order valence-corrected chi connectivity index (χ3v) is 5.42. The summed E-state index contributed by atoms with van der Waals surface area (Å²) in [5.74, 6) is 0.0322. The number of nitrogens with zero attached hydrogens (tertiary/aromatic N) is 3. The molecule has 0 radical (unpaired) electrons. The first-order valence-corrected chi connectivity index (χ1v) is 9.25. The first kappa shape index (κ1) is 19.2. The molecule has 1 saturated heterocycles. The first-order valence-electron chi connectivity index (χ1n) is 9.25. The van der Waals surface area contributed by atoms with Crippen molar-refractivity contribution in [3.63, 3.8) is 0 Å². The summed E-state index contributed by atoms with van der Waals surface area (Å²) in [6.07, 6.45) is 3.49. The minimum absolute atomic E-state index is 0.195. The van der Waals surface area contributed by atoms with Gasteiger partial charge in [0.2, 0.25) is 0 Å². The van der Waals surface area contributed by atoms with Gasteiger partial charge in [-0.2, -0.15) is 0 Å². The largest absolute Gasteiger partial charge is 0.496 e. The SMILES string of the molecule is C=CCN1C(=O)C(c2ccccc2OC)=C(N(C)C2CCN(C)CC2)C1=O. The van der Waals surface area contributed by atoms with Gasteiger partial charge in [0.05, 0.1) is 12.7 Å². The van der Waals surface area contributed by atoms with Crippen molar-refractivity contribution in [1.82, 2.24) is 14.7 Å². The summed E-state index contributed by atoms with van der Waals surface area (Å²) in [6.45, 7) is 5.83. The maximum atomic E-state index is 13.1. The van der Waals surface area contributed by atoms with E-state index in [2.05, 4.69) is 18.5 Å². The van der Waals surface area contributed by atoms with Gasteiger partial charge in [0.15, 0.2) is 0 Å². The zero-order valence-corrected chi connectivity index (χ0v) is 16.3. The van der Waals surface area contributed by atoms with Crippen LogP contribution < -0.4 is 4.74 Å². The number of carbonyl (C=O) groups is 2. The number of carbonyl (C=O) groups excluding carboxylic acids is 2. The van der Waals surface area contributed by atoms with Crippen molar-refractivity contribution in [1.29, 1.82) is 0 Å². The van der Waals surface area contributed by atoms with Crippen LogP contribution in [0, 0.1) is 0 Å². The Balaban J connectivity index is 2.07. The van der Waals surface area contributed by atoms with E-state index in [1.54, 1.807) is 13.2 Å². The van der Waals surface area contributed by atoms with E-state index in [-0.39, 0.29) is 24.4 Å². The Labute approximate surface area is 160 Å². The molecule has 6 heteroatoms. The highest BCUT2D eigenvalue weighted by Gasteiger charge is 2.42. The summed E-state index contributed by atoms with van der Waals surface area (Å²) in [5.41, 5.74) is 1.53. The number of rotatable bonds is 6. The Morgan fingerprint density at radius 1 is 1.22 bits per heavy atom. The third-order valence-electron chi connectivity index (χ3n) is 5.42. The van der Waals surface area contributed by atoms with Crippen LogP contribution in [0.3, 0.4) is 0 Å². The fraction of sp³-hybridized carbons (Fsp3) is 0.429. The minimum atomic E-state index is -0.292. The molecule has 0 spiro atoms. The van der Waals surface area contributed by atoms with E-state index >= 15 is 0 Å². The Morgan fingerprint density at radius 2 is 1.89 bits per heavy atom. The lowest BCUT2D eigenvalue weighted by Crippen LogP contribution is -2.43. The smallest absolute Gasteiger partial charge is 0.278 e. The molecule has 0 unspecified atom stereocenters. The molecule has 0 bridgehead atoms. The van der Waals surface area contributed by atoms with Gasteiger partial charge >= 0.3 is 0 Å². The number of amides is 2. The van der Waals surface area contributed by atoms with Crippen LogP contribution in [0.1, 0.15) is 18.4 Å². The van der Waals surface area contributed by atoms with E-state index in [0.29, 0.717) is 22.6 Å². The number of benzene rings is 1.